The van der Waals surface area contributed by atoms with Crippen molar-refractivity contribution in [3.63, 3.8) is 0 Å². The van der Waals surface area contributed by atoms with E-state index in [4.69, 9.17) is 11.6 Å². The predicted molar refractivity (Wildman–Crippen MR) is 143 cm³/mol. The Bertz CT molecular complexity index is 1270. The minimum atomic E-state index is -3.56. The van der Waals surface area contributed by atoms with E-state index in [2.05, 4.69) is 40.5 Å². The van der Waals surface area contributed by atoms with Gasteiger partial charge in [-0.15, -0.1) is 0 Å². The van der Waals surface area contributed by atoms with Gasteiger partial charge in [-0.2, -0.15) is 0 Å². The van der Waals surface area contributed by atoms with Gasteiger partial charge in [-0.25, -0.2) is 12.7 Å². The maximum atomic E-state index is 13.2. The molecule has 3 atom stereocenters. The Morgan fingerprint density at radius 1 is 1.06 bits per heavy atom. The molecular weight excluding hydrogens is 478 g/mol. The van der Waals surface area contributed by atoms with Gasteiger partial charge >= 0.3 is 0 Å². The average Bonchev–Trinajstić information content (AvgIpc) is 3.24. The average molecular weight is 510 g/mol. The van der Waals surface area contributed by atoms with Crippen LogP contribution in [0.15, 0.2) is 83.8 Å². The first-order chi connectivity index (χ1) is 16.9. The van der Waals surface area contributed by atoms with Gasteiger partial charge in [0.1, 0.15) is 0 Å². The molecule has 2 aliphatic rings. The van der Waals surface area contributed by atoms with E-state index in [1.54, 1.807) is 31.3 Å². The highest BCUT2D eigenvalue weighted by Crippen LogP contribution is 2.40. The Morgan fingerprint density at radius 2 is 1.83 bits per heavy atom. The van der Waals surface area contributed by atoms with Crippen LogP contribution in [0.5, 0.6) is 0 Å². The maximum Gasteiger partial charge on any atom is 0.242 e. The quantitative estimate of drug-likeness (QED) is 0.440. The molecule has 2 heterocycles. The molecule has 5 nitrogen and oxygen atoms in total. The molecule has 2 aliphatic heterocycles. The Hall–Kier alpha value is -2.38. The summed E-state index contributed by atoms with van der Waals surface area (Å²) in [5.41, 5.74) is 3.80. The van der Waals surface area contributed by atoms with Gasteiger partial charge in [-0.05, 0) is 73.3 Å². The molecule has 35 heavy (non-hydrogen) atoms. The molecule has 1 fully saturated rings. The van der Waals surface area contributed by atoms with Gasteiger partial charge in [0.25, 0.3) is 0 Å². The zero-order valence-corrected chi connectivity index (χ0v) is 21.5. The SMILES string of the molecule is CN(C[C@@H](CCN1CCC2c3ccccc3NC2C1)c1cccc(Cl)c1)S(=O)(=O)c1ccccc1. The zero-order chi connectivity index (χ0) is 24.4. The summed E-state index contributed by atoms with van der Waals surface area (Å²) in [7, 11) is -1.89. The number of sulfonamides is 1. The number of rotatable bonds is 8. The lowest BCUT2D eigenvalue weighted by Gasteiger charge is -2.36. The van der Waals surface area contributed by atoms with E-state index in [9.17, 15) is 8.42 Å². The van der Waals surface area contributed by atoms with Gasteiger partial charge < -0.3 is 10.2 Å². The lowest BCUT2D eigenvalue weighted by atomic mass is 9.88. The lowest BCUT2D eigenvalue weighted by Crippen LogP contribution is -2.44. The minimum Gasteiger partial charge on any atom is -0.380 e. The third-order valence-corrected chi connectivity index (χ3v) is 9.51. The summed E-state index contributed by atoms with van der Waals surface area (Å²) >= 11 is 6.31. The summed E-state index contributed by atoms with van der Waals surface area (Å²) < 4.78 is 27.9. The minimum absolute atomic E-state index is 0.0450. The molecule has 5 rings (SSSR count). The topological polar surface area (TPSA) is 52.6 Å². The molecule has 184 valence electrons. The normalized spacial score (nSPS) is 20.8. The first-order valence-corrected chi connectivity index (χ1v) is 14.1. The van der Waals surface area contributed by atoms with Crippen molar-refractivity contribution in [1.29, 1.82) is 0 Å². The van der Waals surface area contributed by atoms with Gasteiger partial charge in [0.05, 0.1) is 4.90 Å². The number of fused-ring (bicyclic) bond motifs is 3. The number of para-hydroxylation sites is 1. The highest BCUT2D eigenvalue weighted by molar-refractivity contribution is 7.89. The van der Waals surface area contributed by atoms with Crippen molar-refractivity contribution in [2.75, 3.05) is 38.5 Å². The first kappa shape index (κ1) is 24.3. The van der Waals surface area contributed by atoms with E-state index in [-0.39, 0.29) is 5.92 Å². The van der Waals surface area contributed by atoms with Crippen LogP contribution >= 0.6 is 11.6 Å². The van der Waals surface area contributed by atoms with Crippen LogP contribution < -0.4 is 5.32 Å². The predicted octanol–water partition coefficient (Wildman–Crippen LogP) is 5.42. The van der Waals surface area contributed by atoms with Crippen LogP contribution in [0.3, 0.4) is 0 Å². The number of likely N-dealkylation sites (tertiary alicyclic amines) is 1. The molecule has 0 aromatic heterocycles. The third kappa shape index (κ3) is 5.26. The molecule has 1 N–H and O–H groups in total. The van der Waals surface area contributed by atoms with E-state index in [1.165, 1.54) is 15.6 Å². The summed E-state index contributed by atoms with van der Waals surface area (Å²) in [5, 5.41) is 4.39. The highest BCUT2D eigenvalue weighted by atomic mass is 35.5. The second kappa shape index (κ2) is 10.3. The summed E-state index contributed by atoms with van der Waals surface area (Å²) in [6.07, 6.45) is 2.00. The Labute approximate surface area is 213 Å². The third-order valence-electron chi connectivity index (χ3n) is 7.44. The van der Waals surface area contributed by atoms with Gasteiger partial charge in [0, 0.05) is 42.8 Å². The van der Waals surface area contributed by atoms with E-state index >= 15 is 0 Å². The molecule has 3 aromatic carbocycles. The molecule has 7 heteroatoms. The number of anilines is 1. The van der Waals surface area contributed by atoms with Crippen molar-refractivity contribution in [2.45, 2.75) is 35.6 Å². The number of hydrogen-bond donors (Lipinski definition) is 1. The number of nitrogens with zero attached hydrogens (tertiary/aromatic N) is 2. The Balaban J connectivity index is 1.28. The van der Waals surface area contributed by atoms with Crippen LogP contribution in [0.4, 0.5) is 5.69 Å². The summed E-state index contributed by atoms with van der Waals surface area (Å²) in [6.45, 7) is 3.37. The monoisotopic (exact) mass is 509 g/mol. The van der Waals surface area contributed by atoms with Crippen LogP contribution in [0, 0.1) is 0 Å². The van der Waals surface area contributed by atoms with Crippen molar-refractivity contribution in [3.05, 3.63) is 95.0 Å². The highest BCUT2D eigenvalue weighted by Gasteiger charge is 2.36. The fourth-order valence-electron chi connectivity index (χ4n) is 5.54. The second-order valence-electron chi connectivity index (χ2n) is 9.67. The van der Waals surface area contributed by atoms with Crippen molar-refractivity contribution >= 4 is 27.3 Å². The smallest absolute Gasteiger partial charge is 0.242 e. The van der Waals surface area contributed by atoms with Gasteiger partial charge in [-0.1, -0.05) is 60.1 Å². The molecule has 0 spiro atoms. The summed E-state index contributed by atoms with van der Waals surface area (Å²) in [4.78, 5) is 2.84. The van der Waals surface area contributed by atoms with Crippen LogP contribution in [-0.4, -0.2) is 56.9 Å². The number of halogens is 1. The number of benzene rings is 3. The molecule has 3 aromatic rings. The molecule has 2 unspecified atom stereocenters. The van der Waals surface area contributed by atoms with Crippen LogP contribution in [0.1, 0.15) is 35.8 Å². The standard InChI is InChI=1S/C28H32ClN3O2S/c1-31(35(33,34)24-10-3-2-4-11-24)19-22(21-8-7-9-23(29)18-21)14-16-32-17-15-26-25-12-5-6-13-27(25)30-28(26)20-32/h2-13,18,22,26,28,30H,14-17,19-20H2,1H3/t22-,26?,28?/m1/s1. The number of piperidine rings is 1. The molecule has 0 bridgehead atoms. The zero-order valence-electron chi connectivity index (χ0n) is 20.0. The second-order valence-corrected chi connectivity index (χ2v) is 12.2. The van der Waals surface area contributed by atoms with Gasteiger partial charge in [-0.3, -0.25) is 0 Å². The van der Waals surface area contributed by atoms with E-state index in [0.29, 0.717) is 28.4 Å². The van der Waals surface area contributed by atoms with Crippen molar-refractivity contribution in [1.82, 2.24) is 9.21 Å². The Kier molecular flexibility index (Phi) is 7.17. The van der Waals surface area contributed by atoms with Crippen molar-refractivity contribution < 1.29 is 8.42 Å². The van der Waals surface area contributed by atoms with Gasteiger partial charge in [0.2, 0.25) is 10.0 Å². The summed E-state index contributed by atoms with van der Waals surface area (Å²) in [5.74, 6) is 0.622. The van der Waals surface area contributed by atoms with Crippen LogP contribution in [-0.2, 0) is 10.0 Å². The maximum absolute atomic E-state index is 13.2. The molecule has 0 aliphatic carbocycles. The molecule has 0 radical (unpaired) electrons. The number of likely N-dealkylation sites (N-methyl/N-ethyl adjacent to an activating group) is 1. The fourth-order valence-corrected chi connectivity index (χ4v) is 6.97. The molecule has 1 saturated heterocycles. The largest absolute Gasteiger partial charge is 0.380 e. The number of nitrogens with one attached hydrogen (secondary N) is 1. The summed E-state index contributed by atoms with van der Waals surface area (Å²) in [6, 6.07) is 25.6. The van der Waals surface area contributed by atoms with Crippen molar-refractivity contribution in [3.8, 4) is 0 Å². The van der Waals surface area contributed by atoms with E-state index in [0.717, 1.165) is 38.0 Å². The first-order valence-electron chi connectivity index (χ1n) is 12.3. The van der Waals surface area contributed by atoms with Crippen LogP contribution in [0.2, 0.25) is 5.02 Å². The Morgan fingerprint density at radius 3 is 2.63 bits per heavy atom. The molecule has 0 amide bonds. The van der Waals surface area contributed by atoms with Gasteiger partial charge in [0.15, 0.2) is 0 Å². The molecule has 0 saturated carbocycles. The number of hydrogen-bond acceptors (Lipinski definition) is 4. The molecular formula is C28H32ClN3O2S. The van der Waals surface area contributed by atoms with Crippen molar-refractivity contribution in [2.24, 2.45) is 0 Å². The van der Waals surface area contributed by atoms with Crippen LogP contribution in [0.25, 0.3) is 0 Å². The van der Waals surface area contributed by atoms with E-state index in [1.807, 2.05) is 24.3 Å². The lowest BCUT2D eigenvalue weighted by molar-refractivity contribution is 0.195. The van der Waals surface area contributed by atoms with E-state index < -0.39 is 10.0 Å². The fraction of sp³-hybridized carbons (Fsp3) is 0.357.